The number of nitrogens with two attached hydrogens (primary N) is 1. The fourth-order valence-corrected chi connectivity index (χ4v) is 4.04. The third kappa shape index (κ3) is 3.64. The van der Waals surface area contributed by atoms with Crippen molar-refractivity contribution in [1.82, 2.24) is 4.31 Å². The Labute approximate surface area is 125 Å². The molecule has 8 heteroatoms. The second-order valence-electron chi connectivity index (χ2n) is 3.47. The molecule has 0 saturated carbocycles. The minimum atomic E-state index is -3.68. The highest BCUT2D eigenvalue weighted by Crippen LogP contribution is 2.27. The average molecular weight is 372 g/mol. The molecule has 2 N–H and O–H groups in total. The predicted octanol–water partition coefficient (Wildman–Crippen LogP) is 2.40. The van der Waals surface area contributed by atoms with Gasteiger partial charge < -0.3 is 5.73 Å². The summed E-state index contributed by atoms with van der Waals surface area (Å²) in [7, 11) is -3.68. The van der Waals surface area contributed by atoms with Crippen LogP contribution in [0.5, 0.6) is 0 Å². The van der Waals surface area contributed by atoms with Crippen molar-refractivity contribution in [2.75, 3.05) is 13.1 Å². The summed E-state index contributed by atoms with van der Waals surface area (Å²) in [4.78, 5) is 0.166. The van der Waals surface area contributed by atoms with Gasteiger partial charge in [0.25, 0.3) is 0 Å². The molecule has 4 nitrogen and oxygen atoms in total. The third-order valence-corrected chi connectivity index (χ3v) is 5.22. The monoisotopic (exact) mass is 370 g/mol. The van der Waals surface area contributed by atoms with Gasteiger partial charge in [0.05, 0.1) is 16.6 Å². The Morgan fingerprint density at radius 1 is 1.56 bits per heavy atom. The van der Waals surface area contributed by atoms with Crippen molar-refractivity contribution in [3.05, 3.63) is 27.7 Å². The lowest BCUT2D eigenvalue weighted by atomic mass is 10.4. The van der Waals surface area contributed by atoms with Gasteiger partial charge in [0.2, 0.25) is 10.0 Å². The number of benzene rings is 1. The van der Waals surface area contributed by atoms with Crippen molar-refractivity contribution in [1.29, 1.82) is 0 Å². The van der Waals surface area contributed by atoms with E-state index in [-0.39, 0.29) is 28.0 Å². The van der Waals surface area contributed by atoms with Gasteiger partial charge in [0, 0.05) is 11.0 Å². The van der Waals surface area contributed by atoms with Crippen molar-refractivity contribution in [3.63, 3.8) is 0 Å². The van der Waals surface area contributed by atoms with Crippen LogP contribution in [-0.4, -0.2) is 30.8 Å². The molecule has 0 unspecified atom stereocenters. The van der Waals surface area contributed by atoms with E-state index >= 15 is 0 Å². The first kappa shape index (κ1) is 15.8. The molecule has 0 fully saturated rings. The third-order valence-electron chi connectivity index (χ3n) is 2.20. The van der Waals surface area contributed by atoms with E-state index in [1.54, 1.807) is 13.0 Å². The maximum absolute atomic E-state index is 12.3. The number of sulfonamides is 1. The zero-order valence-electron chi connectivity index (χ0n) is 9.56. The van der Waals surface area contributed by atoms with Gasteiger partial charge >= 0.3 is 0 Å². The maximum Gasteiger partial charge on any atom is 0.244 e. The molecule has 0 radical (unpaired) electrons. The maximum atomic E-state index is 12.3. The van der Waals surface area contributed by atoms with E-state index in [0.717, 1.165) is 0 Å². The molecule has 0 saturated heterocycles. The molecule has 0 aliphatic carbocycles. The molecule has 0 spiro atoms. The topological polar surface area (TPSA) is 63.4 Å². The highest BCUT2D eigenvalue weighted by atomic mass is 79.9. The highest BCUT2D eigenvalue weighted by molar-refractivity contribution is 9.10. The van der Waals surface area contributed by atoms with Crippen LogP contribution in [0.1, 0.15) is 6.92 Å². The molecule has 0 heterocycles. The lowest BCUT2D eigenvalue weighted by Gasteiger charge is -2.20. The number of halogens is 2. The van der Waals surface area contributed by atoms with E-state index < -0.39 is 10.0 Å². The van der Waals surface area contributed by atoms with Crippen molar-refractivity contribution < 1.29 is 8.42 Å². The molecule has 1 aromatic carbocycles. The summed E-state index contributed by atoms with van der Waals surface area (Å²) in [5.74, 6) is 0. The second-order valence-corrected chi connectivity index (χ2v) is 7.23. The van der Waals surface area contributed by atoms with Gasteiger partial charge in [-0.1, -0.05) is 46.7 Å². The van der Waals surface area contributed by atoms with Gasteiger partial charge in [-0.2, -0.15) is 4.31 Å². The van der Waals surface area contributed by atoms with E-state index in [2.05, 4.69) is 15.9 Å². The van der Waals surface area contributed by atoms with Gasteiger partial charge in [0.15, 0.2) is 0 Å². The first-order chi connectivity index (χ1) is 8.28. The van der Waals surface area contributed by atoms with Crippen LogP contribution in [0.3, 0.4) is 0 Å². The van der Waals surface area contributed by atoms with Gasteiger partial charge in [-0.05, 0) is 18.2 Å². The predicted molar refractivity (Wildman–Crippen MR) is 80.4 cm³/mol. The Morgan fingerprint density at radius 3 is 2.61 bits per heavy atom. The second kappa shape index (κ2) is 6.29. The van der Waals surface area contributed by atoms with Crippen LogP contribution in [0.25, 0.3) is 0 Å². The Balaban J connectivity index is 3.23. The largest absolute Gasteiger partial charge is 0.392 e. The van der Waals surface area contributed by atoms with Crippen molar-refractivity contribution in [2.24, 2.45) is 5.73 Å². The molecular weight excluding hydrogens is 360 g/mol. The average Bonchev–Trinajstić information content (AvgIpc) is 2.24. The molecule has 0 aliphatic heterocycles. The summed E-state index contributed by atoms with van der Waals surface area (Å²) in [5, 5.41) is 0.158. The first-order valence-corrected chi connectivity index (χ1v) is 8.04. The number of thiocarbonyl (C=S) groups is 1. The fraction of sp³-hybridized carbons (Fsp3) is 0.300. The number of hydrogen-bond donors (Lipinski definition) is 1. The van der Waals surface area contributed by atoms with Crippen LogP contribution in [-0.2, 0) is 10.0 Å². The summed E-state index contributed by atoms with van der Waals surface area (Å²) < 4.78 is 26.6. The molecule has 0 aromatic heterocycles. The van der Waals surface area contributed by atoms with Crippen molar-refractivity contribution in [3.8, 4) is 0 Å². The standard InChI is InChI=1S/C10H12BrClN2O2S2/c1-2-14(6-10(13)17)18(15,16)9-4-3-7(11)5-8(9)12/h3-5H,2,6H2,1H3,(H2,13,17). The van der Waals surface area contributed by atoms with E-state index in [1.807, 2.05) is 0 Å². The van der Waals surface area contributed by atoms with Crippen LogP contribution < -0.4 is 5.73 Å². The van der Waals surface area contributed by atoms with E-state index in [9.17, 15) is 8.42 Å². The minimum Gasteiger partial charge on any atom is -0.392 e. The van der Waals surface area contributed by atoms with Crippen LogP contribution in [0, 0.1) is 0 Å². The summed E-state index contributed by atoms with van der Waals surface area (Å²) in [6.07, 6.45) is 0. The normalized spacial score (nSPS) is 11.8. The van der Waals surface area contributed by atoms with Crippen LogP contribution >= 0.6 is 39.7 Å². The molecule has 0 amide bonds. The van der Waals surface area contributed by atoms with Crippen LogP contribution in [0.15, 0.2) is 27.6 Å². The highest BCUT2D eigenvalue weighted by Gasteiger charge is 2.25. The SMILES string of the molecule is CCN(CC(N)=S)S(=O)(=O)c1ccc(Br)cc1Cl. The Morgan fingerprint density at radius 2 is 2.17 bits per heavy atom. The fourth-order valence-electron chi connectivity index (χ4n) is 1.36. The van der Waals surface area contributed by atoms with Crippen LogP contribution in [0.2, 0.25) is 5.02 Å². The van der Waals surface area contributed by atoms with Crippen molar-refractivity contribution >= 4 is 54.8 Å². The summed E-state index contributed by atoms with van der Waals surface area (Å²) in [6, 6.07) is 4.60. The summed E-state index contributed by atoms with van der Waals surface area (Å²) in [6.45, 7) is 1.98. The molecule has 100 valence electrons. The molecule has 0 aliphatic rings. The lowest BCUT2D eigenvalue weighted by Crippen LogP contribution is -2.37. The van der Waals surface area contributed by atoms with Gasteiger partial charge in [0.1, 0.15) is 4.90 Å². The smallest absolute Gasteiger partial charge is 0.244 e. The van der Waals surface area contributed by atoms with E-state index in [1.165, 1.54) is 16.4 Å². The van der Waals surface area contributed by atoms with E-state index in [4.69, 9.17) is 29.6 Å². The minimum absolute atomic E-state index is 0.000555. The molecule has 1 aromatic rings. The van der Waals surface area contributed by atoms with Gasteiger partial charge in [-0.3, -0.25) is 0 Å². The van der Waals surface area contributed by atoms with Gasteiger partial charge in [-0.25, -0.2) is 8.42 Å². The Bertz CT molecular complexity index is 563. The molecule has 0 bridgehead atoms. The molecule has 18 heavy (non-hydrogen) atoms. The molecule has 0 atom stereocenters. The summed E-state index contributed by atoms with van der Waals surface area (Å²) in [5.41, 5.74) is 5.39. The number of nitrogens with zero attached hydrogens (tertiary/aromatic N) is 1. The Hall–Kier alpha value is -0.210. The molecule has 1 rings (SSSR count). The van der Waals surface area contributed by atoms with Crippen LogP contribution in [0.4, 0.5) is 0 Å². The first-order valence-electron chi connectivity index (χ1n) is 5.02. The molecular formula is C10H12BrClN2O2S2. The quantitative estimate of drug-likeness (QED) is 0.807. The number of likely N-dealkylation sites (N-methyl/N-ethyl adjacent to an activating group) is 1. The van der Waals surface area contributed by atoms with Crippen molar-refractivity contribution in [2.45, 2.75) is 11.8 Å². The number of hydrogen-bond acceptors (Lipinski definition) is 3. The number of rotatable bonds is 5. The zero-order chi connectivity index (χ0) is 13.9. The summed E-state index contributed by atoms with van der Waals surface area (Å²) >= 11 is 13.9. The van der Waals surface area contributed by atoms with Gasteiger partial charge in [-0.15, -0.1) is 0 Å². The van der Waals surface area contributed by atoms with E-state index in [0.29, 0.717) is 4.47 Å². The Kier molecular flexibility index (Phi) is 5.54. The zero-order valence-corrected chi connectivity index (χ0v) is 13.5. The lowest BCUT2D eigenvalue weighted by molar-refractivity contribution is 0.468.